The minimum Gasteiger partial charge on any atom is -0.373 e. The highest BCUT2D eigenvalue weighted by molar-refractivity contribution is 7.53. The van der Waals surface area contributed by atoms with Gasteiger partial charge in [0.25, 0.3) is 0 Å². The number of likely N-dealkylation sites (N-methyl/N-ethyl adjacent to an activating group) is 1. The molecule has 0 radical (unpaired) electrons. The predicted octanol–water partition coefficient (Wildman–Crippen LogP) is 6.93. The Morgan fingerprint density at radius 3 is 1.53 bits per heavy atom. The molecule has 32 heavy (non-hydrogen) atoms. The maximum Gasteiger partial charge on any atom is 0.362 e. The average molecular weight is 475 g/mol. The highest BCUT2D eigenvalue weighted by Gasteiger charge is 2.48. The number of hydrogen-bond donors (Lipinski definition) is 3. The molecular weight excluding hydrogens is 421 g/mol. The van der Waals surface area contributed by atoms with Crippen LogP contribution in [0.25, 0.3) is 0 Å². The Balaban J connectivity index is 3.73. The molecule has 0 saturated carbocycles. The zero-order valence-corrected chi connectivity index (χ0v) is 22.4. The summed E-state index contributed by atoms with van der Waals surface area (Å²) < 4.78 is 12.1. The van der Waals surface area contributed by atoms with Crippen LogP contribution in [0.1, 0.15) is 110 Å². The van der Waals surface area contributed by atoms with Crippen molar-refractivity contribution in [2.24, 2.45) is 0 Å². The van der Waals surface area contributed by atoms with E-state index >= 15 is 0 Å². The van der Waals surface area contributed by atoms with Crippen molar-refractivity contribution in [3.63, 3.8) is 0 Å². The summed E-state index contributed by atoms with van der Waals surface area (Å²) in [6.07, 6.45) is 27.2. The number of quaternary nitrogens is 1. The van der Waals surface area contributed by atoms with Crippen LogP contribution in [-0.4, -0.2) is 52.4 Å². The topological polar surface area (TPSA) is 77.8 Å². The summed E-state index contributed by atoms with van der Waals surface area (Å²) >= 11 is 0. The lowest BCUT2D eigenvalue weighted by molar-refractivity contribution is -0.875. The SMILES string of the molecule is CCCCCCCCCCCCC/C=C\CC/C=C\CCC(O)(C[N+](C)(C)C)P(=O)(O)O. The van der Waals surface area contributed by atoms with Gasteiger partial charge in [0.1, 0.15) is 6.54 Å². The molecule has 0 aliphatic heterocycles. The van der Waals surface area contributed by atoms with E-state index in [2.05, 4.69) is 19.1 Å². The molecule has 0 aromatic rings. The van der Waals surface area contributed by atoms with E-state index < -0.39 is 12.9 Å². The summed E-state index contributed by atoms with van der Waals surface area (Å²) in [4.78, 5) is 19.1. The van der Waals surface area contributed by atoms with Crippen molar-refractivity contribution < 1.29 is 23.9 Å². The lowest BCUT2D eigenvalue weighted by Gasteiger charge is -2.35. The van der Waals surface area contributed by atoms with E-state index in [0.717, 1.165) is 19.3 Å². The zero-order chi connectivity index (χ0) is 24.3. The molecule has 1 unspecified atom stereocenters. The molecule has 0 rings (SSSR count). The molecule has 0 heterocycles. The summed E-state index contributed by atoms with van der Waals surface area (Å²) in [5.74, 6) is 0. The molecule has 5 nitrogen and oxygen atoms in total. The van der Waals surface area contributed by atoms with Crippen LogP contribution < -0.4 is 0 Å². The van der Waals surface area contributed by atoms with Crippen LogP contribution >= 0.6 is 7.60 Å². The number of hydrogen-bond acceptors (Lipinski definition) is 2. The average Bonchev–Trinajstić information content (AvgIpc) is 2.67. The highest BCUT2D eigenvalue weighted by Crippen LogP contribution is 2.52. The molecule has 0 bridgehead atoms. The maximum atomic E-state index is 11.8. The Morgan fingerprint density at radius 1 is 0.688 bits per heavy atom. The molecule has 3 N–H and O–H groups in total. The van der Waals surface area contributed by atoms with E-state index in [0.29, 0.717) is 10.9 Å². The number of aliphatic hydroxyl groups is 1. The van der Waals surface area contributed by atoms with Gasteiger partial charge in [0, 0.05) is 0 Å². The second kappa shape index (κ2) is 18.0. The Hall–Kier alpha value is -0.450. The molecule has 0 aromatic carbocycles. The first-order chi connectivity index (χ1) is 15.0. The summed E-state index contributed by atoms with van der Waals surface area (Å²) in [5.41, 5.74) is 0. The largest absolute Gasteiger partial charge is 0.373 e. The minimum atomic E-state index is -4.58. The molecule has 0 amide bonds. The van der Waals surface area contributed by atoms with Crippen molar-refractivity contribution in [1.82, 2.24) is 0 Å². The Labute approximate surface area is 198 Å². The van der Waals surface area contributed by atoms with E-state index in [1.807, 2.05) is 33.3 Å². The van der Waals surface area contributed by atoms with Crippen molar-refractivity contribution in [1.29, 1.82) is 0 Å². The monoisotopic (exact) mass is 474 g/mol. The standard InChI is InChI=1S/C26H52NO4P/c1-5-6-7-8-9-10-11-12-13-14-15-16-17-18-19-20-21-22-23-24-26(28,32(29,30)31)25-27(2,3)4/h17-18,21-22,28H,5-16,19-20,23-25H2,1-4H3,(H-,29,30,31)/p+1/b18-17-,22-21-. The second-order valence-corrected chi connectivity index (χ2v) is 12.3. The number of rotatable bonds is 21. The minimum absolute atomic E-state index is 0.0207. The van der Waals surface area contributed by atoms with E-state index in [-0.39, 0.29) is 13.0 Å². The smallest absolute Gasteiger partial charge is 0.362 e. The first-order valence-corrected chi connectivity index (χ1v) is 14.5. The zero-order valence-electron chi connectivity index (χ0n) is 21.5. The summed E-state index contributed by atoms with van der Waals surface area (Å²) in [7, 11) is 0.873. The summed E-state index contributed by atoms with van der Waals surface area (Å²) in [6, 6.07) is 0. The first kappa shape index (κ1) is 31.6. The Kier molecular flexibility index (Phi) is 17.7. The summed E-state index contributed by atoms with van der Waals surface area (Å²) in [6.45, 7) is 2.29. The third-order valence-electron chi connectivity index (χ3n) is 5.79. The first-order valence-electron chi connectivity index (χ1n) is 12.9. The molecule has 1 atom stereocenters. The van der Waals surface area contributed by atoms with Crippen molar-refractivity contribution >= 4 is 7.60 Å². The van der Waals surface area contributed by atoms with E-state index in [9.17, 15) is 19.5 Å². The van der Waals surface area contributed by atoms with Crippen LogP contribution in [0.15, 0.2) is 24.3 Å². The number of unbranched alkanes of at least 4 members (excludes halogenated alkanes) is 12. The fourth-order valence-electron chi connectivity index (χ4n) is 3.98. The molecule has 0 spiro atoms. The lowest BCUT2D eigenvalue weighted by Crippen LogP contribution is -2.49. The molecular formula is C26H53NO4P+. The highest BCUT2D eigenvalue weighted by atomic mass is 31.2. The van der Waals surface area contributed by atoms with Gasteiger partial charge >= 0.3 is 7.60 Å². The van der Waals surface area contributed by atoms with Crippen LogP contribution in [0.2, 0.25) is 0 Å². The van der Waals surface area contributed by atoms with Gasteiger partial charge in [0.05, 0.1) is 21.1 Å². The molecule has 6 heteroatoms. The van der Waals surface area contributed by atoms with Gasteiger partial charge in [-0.15, -0.1) is 0 Å². The van der Waals surface area contributed by atoms with Gasteiger partial charge in [-0.05, 0) is 38.5 Å². The van der Waals surface area contributed by atoms with Gasteiger partial charge in [-0.25, -0.2) is 0 Å². The Bertz CT molecular complexity index is 551. The van der Waals surface area contributed by atoms with E-state index in [4.69, 9.17) is 0 Å². The quantitative estimate of drug-likeness (QED) is 0.0729. The van der Waals surface area contributed by atoms with Crippen LogP contribution in [0.5, 0.6) is 0 Å². The van der Waals surface area contributed by atoms with Gasteiger partial charge in [0.15, 0.2) is 0 Å². The van der Waals surface area contributed by atoms with Gasteiger partial charge < -0.3 is 19.4 Å². The summed E-state index contributed by atoms with van der Waals surface area (Å²) in [5, 5.41) is 8.54. The maximum absolute atomic E-state index is 11.8. The molecule has 0 saturated heterocycles. The Morgan fingerprint density at radius 2 is 1.09 bits per heavy atom. The van der Waals surface area contributed by atoms with Crippen molar-refractivity contribution in [2.75, 3.05) is 27.7 Å². The lowest BCUT2D eigenvalue weighted by atomic mass is 10.1. The van der Waals surface area contributed by atoms with Crippen LogP contribution in [0.4, 0.5) is 0 Å². The second-order valence-electron chi connectivity index (χ2n) is 10.4. The van der Waals surface area contributed by atoms with Gasteiger partial charge in [-0.3, -0.25) is 4.57 Å². The van der Waals surface area contributed by atoms with Crippen molar-refractivity contribution in [3.05, 3.63) is 24.3 Å². The van der Waals surface area contributed by atoms with Crippen LogP contribution in [-0.2, 0) is 4.57 Å². The fourth-order valence-corrected chi connectivity index (χ4v) is 5.01. The van der Waals surface area contributed by atoms with E-state index in [1.165, 1.54) is 70.6 Å². The van der Waals surface area contributed by atoms with Crippen molar-refractivity contribution in [3.8, 4) is 0 Å². The molecule has 0 aromatic heterocycles. The van der Waals surface area contributed by atoms with E-state index in [1.54, 1.807) is 0 Å². The predicted molar refractivity (Wildman–Crippen MR) is 138 cm³/mol. The van der Waals surface area contributed by atoms with Crippen LogP contribution in [0, 0.1) is 0 Å². The fraction of sp³-hybridized carbons (Fsp3) is 0.846. The molecule has 0 aliphatic carbocycles. The molecule has 0 aliphatic rings. The van der Waals surface area contributed by atoms with Gasteiger partial charge in [-0.2, -0.15) is 0 Å². The normalized spacial score (nSPS) is 15.1. The number of nitrogens with zero attached hydrogens (tertiary/aromatic N) is 1. The van der Waals surface area contributed by atoms with Gasteiger partial charge in [0.2, 0.25) is 5.34 Å². The van der Waals surface area contributed by atoms with Crippen LogP contribution in [0.3, 0.4) is 0 Å². The molecule has 190 valence electrons. The van der Waals surface area contributed by atoms with Crippen molar-refractivity contribution in [2.45, 2.75) is 115 Å². The third kappa shape index (κ3) is 18.0. The molecule has 0 fully saturated rings. The number of allylic oxidation sites excluding steroid dienone is 4. The third-order valence-corrected chi connectivity index (χ3v) is 7.24. The van der Waals surface area contributed by atoms with Gasteiger partial charge in [-0.1, -0.05) is 95.4 Å².